The van der Waals surface area contributed by atoms with Crippen molar-refractivity contribution in [2.24, 2.45) is 7.05 Å². The summed E-state index contributed by atoms with van der Waals surface area (Å²) in [6, 6.07) is 3.45. The summed E-state index contributed by atoms with van der Waals surface area (Å²) in [4.78, 5) is 30.3. The highest BCUT2D eigenvalue weighted by Gasteiger charge is 2.32. The summed E-state index contributed by atoms with van der Waals surface area (Å²) in [5.41, 5.74) is -1.17. The Morgan fingerprint density at radius 1 is 1.29 bits per heavy atom. The standard InChI is InChI=1S/C14H14F3N5O2/c1-22-7-3-9(8-11(22)23)12(24)18-5-6-20-13-19-4-2-10(21-13)14(15,16)17/h2-4,7-8H,5-6H2,1H3,(H,18,24)(H,19,20,21). The van der Waals surface area contributed by atoms with Crippen molar-refractivity contribution in [2.45, 2.75) is 6.18 Å². The zero-order valence-corrected chi connectivity index (χ0v) is 12.6. The molecule has 0 fully saturated rings. The number of amides is 1. The zero-order valence-electron chi connectivity index (χ0n) is 12.6. The first-order valence-corrected chi connectivity index (χ1v) is 6.86. The van der Waals surface area contributed by atoms with Crippen LogP contribution >= 0.6 is 0 Å². The van der Waals surface area contributed by atoms with Crippen LogP contribution in [0.15, 0.2) is 35.4 Å². The molecule has 2 aromatic rings. The van der Waals surface area contributed by atoms with Crippen LogP contribution in [-0.2, 0) is 13.2 Å². The number of carbonyl (C=O) groups excluding carboxylic acids is 1. The van der Waals surface area contributed by atoms with Crippen LogP contribution in [0.25, 0.3) is 0 Å². The van der Waals surface area contributed by atoms with Crippen molar-refractivity contribution in [3.05, 3.63) is 52.2 Å². The zero-order chi connectivity index (χ0) is 17.7. The minimum absolute atomic E-state index is 0.119. The second-order valence-electron chi connectivity index (χ2n) is 4.81. The molecular formula is C14H14F3N5O2. The first-order valence-electron chi connectivity index (χ1n) is 6.86. The van der Waals surface area contributed by atoms with E-state index in [0.717, 1.165) is 12.3 Å². The molecule has 0 spiro atoms. The van der Waals surface area contributed by atoms with Gasteiger partial charge in [0.2, 0.25) is 5.95 Å². The molecule has 10 heteroatoms. The summed E-state index contributed by atoms with van der Waals surface area (Å²) in [6.45, 7) is 0.242. The monoisotopic (exact) mass is 341 g/mol. The van der Waals surface area contributed by atoms with Crippen molar-refractivity contribution in [3.63, 3.8) is 0 Å². The molecule has 0 saturated carbocycles. The lowest BCUT2D eigenvalue weighted by atomic mass is 10.2. The molecule has 0 atom stereocenters. The summed E-state index contributed by atoms with van der Waals surface area (Å²) in [7, 11) is 1.56. The summed E-state index contributed by atoms with van der Waals surface area (Å²) in [5, 5.41) is 5.12. The highest BCUT2D eigenvalue weighted by atomic mass is 19.4. The van der Waals surface area contributed by atoms with Crippen LogP contribution in [0, 0.1) is 0 Å². The van der Waals surface area contributed by atoms with E-state index in [2.05, 4.69) is 20.6 Å². The van der Waals surface area contributed by atoms with Gasteiger partial charge in [0.05, 0.1) is 0 Å². The van der Waals surface area contributed by atoms with Crippen LogP contribution in [0.5, 0.6) is 0 Å². The van der Waals surface area contributed by atoms with E-state index in [1.807, 2.05) is 0 Å². The van der Waals surface area contributed by atoms with Gasteiger partial charge in [0.15, 0.2) is 0 Å². The van der Waals surface area contributed by atoms with Crippen LogP contribution in [0.3, 0.4) is 0 Å². The Balaban J connectivity index is 1.85. The number of nitrogens with one attached hydrogen (secondary N) is 2. The summed E-state index contributed by atoms with van der Waals surface area (Å²) < 4.78 is 38.8. The van der Waals surface area contributed by atoms with Crippen molar-refractivity contribution < 1.29 is 18.0 Å². The molecule has 2 rings (SSSR count). The lowest BCUT2D eigenvalue weighted by molar-refractivity contribution is -0.141. The van der Waals surface area contributed by atoms with E-state index < -0.39 is 17.8 Å². The van der Waals surface area contributed by atoms with Crippen LogP contribution in [0.4, 0.5) is 19.1 Å². The number of aryl methyl sites for hydroxylation is 1. The molecule has 0 saturated heterocycles. The summed E-state index contributed by atoms with van der Waals surface area (Å²) >= 11 is 0. The number of pyridine rings is 1. The quantitative estimate of drug-likeness (QED) is 0.793. The van der Waals surface area contributed by atoms with E-state index in [1.165, 1.54) is 22.9 Å². The average Bonchev–Trinajstić information content (AvgIpc) is 2.53. The first kappa shape index (κ1) is 17.4. The van der Waals surface area contributed by atoms with Crippen molar-refractivity contribution in [3.8, 4) is 0 Å². The predicted octanol–water partition coefficient (Wildman–Crippen LogP) is 1.04. The van der Waals surface area contributed by atoms with Crippen molar-refractivity contribution in [2.75, 3.05) is 18.4 Å². The fraction of sp³-hybridized carbons (Fsp3) is 0.286. The van der Waals surface area contributed by atoms with Gasteiger partial charge in [-0.15, -0.1) is 0 Å². The normalized spacial score (nSPS) is 11.2. The number of halogens is 3. The number of hydrogen-bond donors (Lipinski definition) is 2. The van der Waals surface area contributed by atoms with Gasteiger partial charge in [-0.25, -0.2) is 9.97 Å². The molecular weight excluding hydrogens is 327 g/mol. The molecule has 0 radical (unpaired) electrons. The van der Waals surface area contributed by atoms with Gasteiger partial charge in [0.1, 0.15) is 5.69 Å². The van der Waals surface area contributed by atoms with Crippen molar-refractivity contribution >= 4 is 11.9 Å². The molecule has 0 unspecified atom stereocenters. The topological polar surface area (TPSA) is 88.9 Å². The number of rotatable bonds is 5. The van der Waals surface area contributed by atoms with E-state index in [0.29, 0.717) is 0 Å². The molecule has 0 aromatic carbocycles. The molecule has 0 aliphatic heterocycles. The minimum atomic E-state index is -4.55. The number of nitrogens with zero attached hydrogens (tertiary/aromatic N) is 3. The van der Waals surface area contributed by atoms with Crippen LogP contribution in [0.1, 0.15) is 16.1 Å². The maximum atomic E-state index is 12.5. The van der Waals surface area contributed by atoms with Gasteiger partial charge in [-0.1, -0.05) is 0 Å². The van der Waals surface area contributed by atoms with E-state index >= 15 is 0 Å². The van der Waals surface area contributed by atoms with Crippen molar-refractivity contribution in [1.82, 2.24) is 19.9 Å². The van der Waals surface area contributed by atoms with Crippen LogP contribution < -0.4 is 16.2 Å². The molecule has 0 bridgehead atoms. The number of anilines is 1. The van der Waals surface area contributed by atoms with Gasteiger partial charge >= 0.3 is 6.18 Å². The van der Waals surface area contributed by atoms with Crippen LogP contribution in [-0.4, -0.2) is 33.5 Å². The second kappa shape index (κ2) is 7.11. The molecule has 0 aliphatic carbocycles. The number of hydrogen-bond acceptors (Lipinski definition) is 5. The van der Waals surface area contributed by atoms with E-state index in [1.54, 1.807) is 7.05 Å². The third-order valence-corrected chi connectivity index (χ3v) is 3.01. The Bertz CT molecular complexity index is 788. The smallest absolute Gasteiger partial charge is 0.352 e. The molecule has 0 aliphatic rings. The van der Waals surface area contributed by atoms with E-state index in [4.69, 9.17) is 0 Å². The molecule has 1 amide bonds. The minimum Gasteiger partial charge on any atom is -0.352 e. The highest BCUT2D eigenvalue weighted by Crippen LogP contribution is 2.27. The molecule has 2 N–H and O–H groups in total. The Morgan fingerprint density at radius 2 is 2.04 bits per heavy atom. The Labute approximate surface area is 134 Å². The number of alkyl halides is 3. The lowest BCUT2D eigenvalue weighted by Gasteiger charge is -2.09. The van der Waals surface area contributed by atoms with Gasteiger partial charge in [0, 0.05) is 44.2 Å². The SMILES string of the molecule is Cn1ccc(C(=O)NCCNc2nccc(C(F)(F)F)n2)cc1=O. The van der Waals surface area contributed by atoms with Crippen molar-refractivity contribution in [1.29, 1.82) is 0 Å². The Hall–Kier alpha value is -2.91. The van der Waals surface area contributed by atoms with Gasteiger partial charge in [0.25, 0.3) is 11.5 Å². The second-order valence-corrected chi connectivity index (χ2v) is 4.81. The maximum absolute atomic E-state index is 12.5. The van der Waals surface area contributed by atoms with E-state index in [9.17, 15) is 22.8 Å². The highest BCUT2D eigenvalue weighted by molar-refractivity contribution is 5.93. The lowest BCUT2D eigenvalue weighted by Crippen LogP contribution is -2.30. The van der Waals surface area contributed by atoms with E-state index in [-0.39, 0.29) is 30.2 Å². The molecule has 7 nitrogen and oxygen atoms in total. The molecule has 128 valence electrons. The average molecular weight is 341 g/mol. The maximum Gasteiger partial charge on any atom is 0.433 e. The molecule has 24 heavy (non-hydrogen) atoms. The summed E-state index contributed by atoms with van der Waals surface area (Å²) in [6.07, 6.45) is -2.09. The Kier molecular flexibility index (Phi) is 5.17. The van der Waals surface area contributed by atoms with Gasteiger partial charge in [-0.05, 0) is 12.1 Å². The fourth-order valence-corrected chi connectivity index (χ4v) is 1.74. The van der Waals surface area contributed by atoms with Gasteiger partial charge in [-0.3, -0.25) is 9.59 Å². The third kappa shape index (κ3) is 4.54. The van der Waals surface area contributed by atoms with Crippen LogP contribution in [0.2, 0.25) is 0 Å². The largest absolute Gasteiger partial charge is 0.433 e. The summed E-state index contributed by atoms with van der Waals surface area (Å²) in [5.74, 6) is -0.646. The van der Waals surface area contributed by atoms with Gasteiger partial charge in [-0.2, -0.15) is 13.2 Å². The molecule has 2 aromatic heterocycles. The Morgan fingerprint density at radius 3 is 2.71 bits per heavy atom. The number of carbonyl (C=O) groups is 1. The fourth-order valence-electron chi connectivity index (χ4n) is 1.74. The number of aromatic nitrogens is 3. The third-order valence-electron chi connectivity index (χ3n) is 3.01. The first-order chi connectivity index (χ1) is 11.3. The van der Waals surface area contributed by atoms with Gasteiger partial charge < -0.3 is 15.2 Å². The molecule has 2 heterocycles. The predicted molar refractivity (Wildman–Crippen MR) is 79.5 cm³/mol.